The number of pyridine rings is 1. The zero-order valence-electron chi connectivity index (χ0n) is 27.8. The number of hydrogen-bond acceptors (Lipinski definition) is 2. The fourth-order valence-electron chi connectivity index (χ4n) is 7.26. The average Bonchev–Trinajstić information content (AvgIpc) is 3.99. The van der Waals surface area contributed by atoms with E-state index in [0.29, 0.717) is 20.1 Å². The van der Waals surface area contributed by atoms with Gasteiger partial charge in [0.25, 0.3) is 0 Å². The Kier molecular flexibility index (Phi) is 8.77. The van der Waals surface area contributed by atoms with E-state index in [2.05, 4.69) is 17.1 Å². The van der Waals surface area contributed by atoms with E-state index in [1.807, 2.05) is 121 Å². The number of nitrogens with one attached hydrogen (secondary N) is 1. The summed E-state index contributed by atoms with van der Waals surface area (Å²) in [5.41, 5.74) is 12.7. The van der Waals surface area contributed by atoms with Crippen LogP contribution < -0.4 is 20.7 Å². The largest absolute Gasteiger partial charge is 2.00 e. The molecule has 5 nitrogen and oxygen atoms in total. The number of halogens is 4. The van der Waals surface area contributed by atoms with Gasteiger partial charge in [0.15, 0.2) is 0 Å². The van der Waals surface area contributed by atoms with Crippen molar-refractivity contribution in [2.75, 3.05) is 0 Å². The van der Waals surface area contributed by atoms with Crippen molar-refractivity contribution in [1.82, 2.24) is 19.9 Å². The monoisotopic (exact) mass is 819 g/mol. The molecule has 0 unspecified atom stereocenters. The van der Waals surface area contributed by atoms with Crippen LogP contribution in [0.15, 0.2) is 144 Å². The molecule has 6 heterocycles. The quantitative estimate of drug-likeness (QED) is 0.181. The first kappa shape index (κ1) is 34.7. The normalized spacial score (nSPS) is 13.7. The molecule has 0 fully saturated rings. The molecule has 2 aliphatic heterocycles. The Hall–Kier alpha value is -5.07. The molecule has 54 heavy (non-hydrogen) atoms. The van der Waals surface area contributed by atoms with Gasteiger partial charge >= 0.3 is 16.5 Å². The second-order valence-electron chi connectivity index (χ2n) is 12.9. The Bertz CT molecular complexity index is 3020. The molecule has 4 aromatic carbocycles. The van der Waals surface area contributed by atoms with Gasteiger partial charge in [0.05, 0.1) is 33.7 Å². The van der Waals surface area contributed by atoms with Gasteiger partial charge in [-0.15, -0.1) is 22.1 Å². The number of aromatic amines is 1. The summed E-state index contributed by atoms with van der Waals surface area (Å²) in [6, 6.07) is 39.4. The van der Waals surface area contributed by atoms with Crippen LogP contribution in [0, 0.1) is 0 Å². The maximum atomic E-state index is 6.53. The van der Waals surface area contributed by atoms with Gasteiger partial charge in [-0.2, -0.15) is 0 Å². The first-order valence-electron chi connectivity index (χ1n) is 16.8. The van der Waals surface area contributed by atoms with Crippen LogP contribution in [0.1, 0.15) is 28.1 Å². The molecule has 0 atom stereocenters. The van der Waals surface area contributed by atoms with E-state index < -0.39 is 0 Å². The minimum absolute atomic E-state index is 0. The Morgan fingerprint density at radius 3 is 1.74 bits per heavy atom. The molecule has 262 valence electrons. The zero-order valence-corrected chi connectivity index (χ0v) is 31.8. The topological polar surface area (TPSA) is 69.2 Å². The van der Waals surface area contributed by atoms with Crippen LogP contribution in [0.5, 0.6) is 0 Å². The third-order valence-electron chi connectivity index (χ3n) is 9.64. The van der Waals surface area contributed by atoms with Crippen molar-refractivity contribution >= 4 is 90.8 Å². The number of benzene rings is 4. The molecule has 8 aromatic rings. The molecule has 0 spiro atoms. The van der Waals surface area contributed by atoms with Gasteiger partial charge < -0.3 is 15.0 Å². The summed E-state index contributed by atoms with van der Waals surface area (Å²) < 4.78 is 0. The summed E-state index contributed by atoms with van der Waals surface area (Å²) >= 11 is 25.7. The number of nitrogens with zero attached hydrogens (tertiary/aromatic N) is 4. The van der Waals surface area contributed by atoms with Gasteiger partial charge in [-0.1, -0.05) is 113 Å². The van der Waals surface area contributed by atoms with E-state index in [-0.39, 0.29) is 16.5 Å². The molecule has 2 aliphatic rings. The molecule has 4 aromatic heterocycles. The van der Waals surface area contributed by atoms with E-state index in [9.17, 15) is 0 Å². The van der Waals surface area contributed by atoms with Crippen molar-refractivity contribution < 1.29 is 16.5 Å². The maximum Gasteiger partial charge on any atom is 2.00 e. The number of allylic oxidation sites excluding steroid dienone is 2. The standard InChI is InChI=1S/C44H23Cl4N5.Ni/c45-26-7-1-23(2-8-26)40-31-15-16-32(49-31)41(24-3-9-27(46)10-4-24)34-19-20-36(51-34)43-30-14-13-29(48)21-37(30)52-39-22-38(53-44(39)43)42(35-18-17-33(40)50-35)25-5-11-28(47)12-6-25;/h1-22,53H;/q-2;+2. The Morgan fingerprint density at radius 2 is 1.07 bits per heavy atom. The fourth-order valence-corrected chi connectivity index (χ4v) is 7.81. The molecule has 10 heteroatoms. The molecule has 0 radical (unpaired) electrons. The van der Waals surface area contributed by atoms with Crippen LogP contribution >= 0.6 is 46.4 Å². The second kappa shape index (κ2) is 13.7. The molecule has 0 saturated heterocycles. The molecule has 0 amide bonds. The number of aromatic nitrogens is 4. The van der Waals surface area contributed by atoms with Gasteiger partial charge in [-0.3, -0.25) is 0 Å². The van der Waals surface area contributed by atoms with E-state index in [1.54, 1.807) is 0 Å². The summed E-state index contributed by atoms with van der Waals surface area (Å²) in [5.74, 6) is 0. The first-order chi connectivity index (χ1) is 25.9. The van der Waals surface area contributed by atoms with E-state index >= 15 is 0 Å². The second-order valence-corrected chi connectivity index (χ2v) is 14.6. The summed E-state index contributed by atoms with van der Waals surface area (Å²) in [4.78, 5) is 24.8. The molecule has 8 bridgehead atoms. The number of H-pyrrole nitrogens is 1. The van der Waals surface area contributed by atoms with Gasteiger partial charge in [0.2, 0.25) is 0 Å². The van der Waals surface area contributed by atoms with E-state index in [1.165, 1.54) is 0 Å². The molecular formula is C44H23Cl4N5Ni. The third kappa shape index (κ3) is 5.96. The predicted octanol–water partition coefficient (Wildman–Crippen LogP) is 10.1. The average molecular weight is 822 g/mol. The van der Waals surface area contributed by atoms with Crippen LogP contribution in [0.3, 0.4) is 0 Å². The Labute approximate surface area is 339 Å². The number of hydrogen-bond donors (Lipinski definition) is 1. The number of rotatable bonds is 3. The molecule has 1 N–H and O–H groups in total. The molecule has 10 rings (SSSR count). The first-order valence-corrected chi connectivity index (χ1v) is 18.3. The minimum atomic E-state index is 0. The maximum absolute atomic E-state index is 6.53. The minimum Gasteiger partial charge on any atom is -0.657 e. The van der Waals surface area contributed by atoms with Crippen LogP contribution in [0.4, 0.5) is 0 Å². The van der Waals surface area contributed by atoms with Gasteiger partial charge in [-0.25, -0.2) is 9.98 Å². The van der Waals surface area contributed by atoms with Crippen molar-refractivity contribution in [3.63, 3.8) is 0 Å². The molecular weight excluding hydrogens is 799 g/mol. The number of aliphatic imine (C=N–C) groups is 1. The SMILES string of the molecule is Clc1ccc(C2=C3C=CC(=N3)C(c3ccc(Cl)cc3)=c3ccc([n-]3)=C(c3ccc(Cl)cc3)c3ccc([n-]3)-c3c4ccc(Cl)cc4nc4cc2[nH]c34)cc1.[Ni+2]. The summed E-state index contributed by atoms with van der Waals surface area (Å²) in [5, 5.41) is 5.00. The zero-order chi connectivity index (χ0) is 35.8. The van der Waals surface area contributed by atoms with E-state index in [0.717, 1.165) is 100 Å². The molecule has 0 aliphatic carbocycles. The predicted molar refractivity (Wildman–Crippen MR) is 217 cm³/mol. The van der Waals surface area contributed by atoms with Crippen LogP contribution in [0.2, 0.25) is 20.1 Å². The third-order valence-corrected chi connectivity index (χ3v) is 10.6. The van der Waals surface area contributed by atoms with Gasteiger partial charge in [-0.05, 0) is 100 Å². The van der Waals surface area contributed by atoms with Crippen LogP contribution in [-0.2, 0) is 16.5 Å². The summed E-state index contributed by atoms with van der Waals surface area (Å²) in [7, 11) is 0. The number of fused-ring (bicyclic) bond motifs is 9. The van der Waals surface area contributed by atoms with Crippen molar-refractivity contribution in [2.45, 2.75) is 0 Å². The Balaban J connectivity index is 0.00000384. The van der Waals surface area contributed by atoms with Crippen molar-refractivity contribution in [1.29, 1.82) is 0 Å². The van der Waals surface area contributed by atoms with Crippen molar-refractivity contribution in [3.8, 4) is 11.3 Å². The van der Waals surface area contributed by atoms with Crippen LogP contribution in [0.25, 0.3) is 49.9 Å². The summed E-state index contributed by atoms with van der Waals surface area (Å²) in [6.07, 6.45) is 4.09. The van der Waals surface area contributed by atoms with Crippen molar-refractivity contribution in [3.05, 3.63) is 198 Å². The van der Waals surface area contributed by atoms with Crippen LogP contribution in [-0.4, -0.2) is 15.7 Å². The Morgan fingerprint density at radius 1 is 0.500 bits per heavy atom. The van der Waals surface area contributed by atoms with Gasteiger partial charge in [0.1, 0.15) is 0 Å². The summed E-state index contributed by atoms with van der Waals surface area (Å²) in [6.45, 7) is 0. The van der Waals surface area contributed by atoms with Gasteiger partial charge in [0, 0.05) is 31.0 Å². The molecule has 0 saturated carbocycles. The smallest absolute Gasteiger partial charge is 0.657 e. The van der Waals surface area contributed by atoms with Crippen molar-refractivity contribution in [2.24, 2.45) is 4.99 Å². The fraction of sp³-hybridized carbons (Fsp3) is 0. The van der Waals surface area contributed by atoms with E-state index in [4.69, 9.17) is 66.3 Å².